The average Bonchev–Trinajstić information content (AvgIpc) is 4.04. The molecule has 0 amide bonds. The standard InChI is InChI=1S/C66H38N4S2.CH4/c67-39-41-23-31-47(32-24-41)69(59-21-9-19-53-51-17-7-15-49(63(51)71-65(53)59)43-11-3-1-4-12-43)57-37-29-45-28-36-56-58(38-30-46-27-35-55(57)61(45)62(46)56)70(48-33-25-42(40-68)26-34-48)60-22-10-20-54-52-18-8-16-50(64(52)72-66(54)60)44-13-5-2-6-14-44;/h1-38H;1H4. The zero-order chi connectivity index (χ0) is 47.9. The summed E-state index contributed by atoms with van der Waals surface area (Å²) in [6.45, 7) is 0. The molecule has 0 N–H and O–H groups in total. The summed E-state index contributed by atoms with van der Waals surface area (Å²) in [5.41, 5.74) is 12.3. The number of fused-ring (bicyclic) bond motifs is 6. The Bertz CT molecular complexity index is 4230. The van der Waals surface area contributed by atoms with Gasteiger partial charge >= 0.3 is 0 Å². The van der Waals surface area contributed by atoms with Crippen molar-refractivity contribution >= 4 is 129 Å². The predicted octanol–water partition coefficient (Wildman–Crippen LogP) is 20.0. The van der Waals surface area contributed by atoms with Gasteiger partial charge in [-0.2, -0.15) is 10.5 Å². The maximum Gasteiger partial charge on any atom is 0.0991 e. The van der Waals surface area contributed by atoms with Crippen molar-refractivity contribution in [3.63, 3.8) is 0 Å². The van der Waals surface area contributed by atoms with Crippen LogP contribution in [0.4, 0.5) is 34.1 Å². The number of hydrogen-bond acceptors (Lipinski definition) is 6. The highest BCUT2D eigenvalue weighted by molar-refractivity contribution is 7.27. The first-order valence-electron chi connectivity index (χ1n) is 23.9. The van der Waals surface area contributed by atoms with Gasteiger partial charge in [-0.1, -0.05) is 165 Å². The number of anilines is 6. The van der Waals surface area contributed by atoms with Crippen molar-refractivity contribution in [2.45, 2.75) is 7.43 Å². The van der Waals surface area contributed by atoms with Crippen LogP contribution in [0, 0.1) is 22.7 Å². The molecule has 2 aromatic heterocycles. The second-order valence-electron chi connectivity index (χ2n) is 18.2. The van der Waals surface area contributed by atoms with Gasteiger partial charge in [0.1, 0.15) is 0 Å². The van der Waals surface area contributed by atoms with Gasteiger partial charge in [0, 0.05) is 53.1 Å². The number of benzene rings is 12. The zero-order valence-corrected chi connectivity index (χ0v) is 40.2. The molecule has 0 radical (unpaired) electrons. The molecule has 4 nitrogen and oxygen atoms in total. The fourth-order valence-corrected chi connectivity index (χ4v) is 13.7. The molecule has 14 aromatic rings. The fourth-order valence-electron chi connectivity index (χ4n) is 11.0. The van der Waals surface area contributed by atoms with Crippen LogP contribution in [0.5, 0.6) is 0 Å². The lowest BCUT2D eigenvalue weighted by molar-refractivity contribution is 1.31. The van der Waals surface area contributed by atoms with E-state index >= 15 is 0 Å². The minimum Gasteiger partial charge on any atom is -0.308 e. The Labute approximate surface area is 430 Å². The summed E-state index contributed by atoms with van der Waals surface area (Å²) in [5, 5.41) is 31.7. The van der Waals surface area contributed by atoms with Crippen molar-refractivity contribution in [2.24, 2.45) is 0 Å². The Morgan fingerprint density at radius 1 is 0.301 bits per heavy atom. The Balaban J connectivity index is 0.00000516. The van der Waals surface area contributed by atoms with Crippen molar-refractivity contribution < 1.29 is 0 Å². The average molecular weight is 967 g/mol. The molecule has 0 saturated carbocycles. The van der Waals surface area contributed by atoms with E-state index in [9.17, 15) is 10.5 Å². The lowest BCUT2D eigenvalue weighted by atomic mass is 9.91. The van der Waals surface area contributed by atoms with E-state index in [4.69, 9.17) is 0 Å². The second-order valence-corrected chi connectivity index (χ2v) is 20.2. The molecule has 0 aliphatic carbocycles. The van der Waals surface area contributed by atoms with Crippen molar-refractivity contribution in [3.8, 4) is 34.4 Å². The molecule has 0 bridgehead atoms. The summed E-state index contributed by atoms with van der Waals surface area (Å²) >= 11 is 3.67. The van der Waals surface area contributed by atoms with Crippen LogP contribution in [0.1, 0.15) is 18.6 Å². The molecule has 6 heteroatoms. The summed E-state index contributed by atoms with van der Waals surface area (Å²) in [5.74, 6) is 0. The number of nitriles is 2. The van der Waals surface area contributed by atoms with Crippen molar-refractivity contribution in [1.29, 1.82) is 10.5 Å². The summed E-state index contributed by atoms with van der Waals surface area (Å²) < 4.78 is 4.89. The lowest BCUT2D eigenvalue weighted by Gasteiger charge is -2.29. The van der Waals surface area contributed by atoms with Gasteiger partial charge in [0.25, 0.3) is 0 Å². The maximum absolute atomic E-state index is 9.93. The summed E-state index contributed by atoms with van der Waals surface area (Å²) in [6.07, 6.45) is 0. The number of thiophene rings is 2. The smallest absolute Gasteiger partial charge is 0.0991 e. The van der Waals surface area contributed by atoms with Crippen LogP contribution in [-0.2, 0) is 0 Å². The van der Waals surface area contributed by atoms with E-state index in [0.29, 0.717) is 11.1 Å². The molecule has 0 aliphatic rings. The van der Waals surface area contributed by atoms with Crippen LogP contribution in [-0.4, -0.2) is 0 Å². The molecule has 0 unspecified atom stereocenters. The third-order valence-electron chi connectivity index (χ3n) is 14.3. The maximum atomic E-state index is 9.93. The van der Waals surface area contributed by atoms with E-state index in [1.54, 1.807) is 0 Å². The minimum absolute atomic E-state index is 0. The zero-order valence-electron chi connectivity index (χ0n) is 38.5. The molecule has 0 atom stereocenters. The first-order chi connectivity index (χ1) is 35.6. The minimum atomic E-state index is 0. The normalized spacial score (nSPS) is 11.4. The molecule has 2 heterocycles. The highest BCUT2D eigenvalue weighted by Gasteiger charge is 2.26. The van der Waals surface area contributed by atoms with Crippen LogP contribution >= 0.6 is 22.7 Å². The summed E-state index contributed by atoms with van der Waals surface area (Å²) in [7, 11) is 0. The van der Waals surface area contributed by atoms with E-state index in [0.717, 1.165) is 55.7 Å². The van der Waals surface area contributed by atoms with Gasteiger partial charge in [-0.25, -0.2) is 0 Å². The first kappa shape index (κ1) is 43.7. The van der Waals surface area contributed by atoms with Gasteiger partial charge in [0.05, 0.1) is 55.4 Å². The first-order valence-corrected chi connectivity index (χ1v) is 25.6. The van der Waals surface area contributed by atoms with Gasteiger partial charge < -0.3 is 9.80 Å². The SMILES string of the molecule is C.N#Cc1ccc(N(c2ccc3ccc4c(N(c5ccc(C#N)cc5)c5cccc6c5sc5c(-c7ccccc7)cccc56)ccc5ccc2c3c54)c2cccc3c2sc2c(-c4ccccc4)cccc23)cc1. The predicted molar refractivity (Wildman–Crippen MR) is 312 cm³/mol. The van der Waals surface area contributed by atoms with E-state index in [1.165, 1.54) is 73.4 Å². The Hall–Kier alpha value is -9.30. The molecular formula is C67H42N4S2. The topological polar surface area (TPSA) is 54.1 Å². The molecule has 12 aromatic carbocycles. The molecule has 342 valence electrons. The van der Waals surface area contributed by atoms with Crippen LogP contribution in [0.2, 0.25) is 0 Å². The Kier molecular flexibility index (Phi) is 10.5. The van der Waals surface area contributed by atoms with Crippen LogP contribution in [0.25, 0.3) is 94.9 Å². The van der Waals surface area contributed by atoms with Crippen molar-refractivity contribution in [3.05, 3.63) is 242 Å². The van der Waals surface area contributed by atoms with Crippen LogP contribution < -0.4 is 9.80 Å². The molecule has 14 rings (SSSR count). The fraction of sp³-hybridized carbons (Fsp3) is 0.0149. The molecule has 0 spiro atoms. The summed E-state index contributed by atoms with van der Waals surface area (Å²) in [6, 6.07) is 86.7. The number of nitrogens with zero attached hydrogens (tertiary/aromatic N) is 4. The summed E-state index contributed by atoms with van der Waals surface area (Å²) in [4.78, 5) is 4.78. The Morgan fingerprint density at radius 2 is 0.671 bits per heavy atom. The molecule has 0 saturated heterocycles. The number of hydrogen-bond donors (Lipinski definition) is 0. The van der Waals surface area contributed by atoms with E-state index < -0.39 is 0 Å². The van der Waals surface area contributed by atoms with E-state index in [-0.39, 0.29) is 7.43 Å². The quantitative estimate of drug-likeness (QED) is 0.142. The third kappa shape index (κ3) is 6.92. The highest BCUT2D eigenvalue weighted by atomic mass is 32.1. The van der Waals surface area contributed by atoms with Crippen molar-refractivity contribution in [2.75, 3.05) is 9.80 Å². The Morgan fingerprint density at radius 3 is 1.07 bits per heavy atom. The third-order valence-corrected chi connectivity index (χ3v) is 16.8. The number of rotatable bonds is 8. The van der Waals surface area contributed by atoms with Gasteiger partial charge in [-0.05, 0) is 117 Å². The molecule has 0 fully saturated rings. The largest absolute Gasteiger partial charge is 0.308 e. The van der Waals surface area contributed by atoms with Crippen molar-refractivity contribution in [1.82, 2.24) is 0 Å². The van der Waals surface area contributed by atoms with E-state index in [2.05, 4.69) is 228 Å². The molecular weight excluding hydrogens is 925 g/mol. The van der Waals surface area contributed by atoms with Crippen LogP contribution in [0.3, 0.4) is 0 Å². The highest BCUT2D eigenvalue weighted by Crippen LogP contribution is 2.53. The molecule has 0 aliphatic heterocycles. The van der Waals surface area contributed by atoms with E-state index in [1.807, 2.05) is 46.9 Å². The van der Waals surface area contributed by atoms with Crippen LogP contribution in [0.15, 0.2) is 231 Å². The van der Waals surface area contributed by atoms with Gasteiger partial charge in [0.2, 0.25) is 0 Å². The van der Waals surface area contributed by atoms with Gasteiger partial charge in [-0.15, -0.1) is 22.7 Å². The lowest BCUT2D eigenvalue weighted by Crippen LogP contribution is -2.11. The second kappa shape index (κ2) is 17.5. The van der Waals surface area contributed by atoms with Gasteiger partial charge in [0.15, 0.2) is 0 Å². The molecule has 73 heavy (non-hydrogen) atoms. The van der Waals surface area contributed by atoms with Gasteiger partial charge in [-0.3, -0.25) is 0 Å². The monoisotopic (exact) mass is 966 g/mol.